The molecule has 0 fully saturated rings. The zero-order valence-corrected chi connectivity index (χ0v) is 25.4. The highest BCUT2D eigenvalue weighted by Crippen LogP contribution is 2.46. The van der Waals surface area contributed by atoms with Crippen LogP contribution in [0.25, 0.3) is 76.5 Å². The van der Waals surface area contributed by atoms with Crippen LogP contribution >= 0.6 is 0 Å². The molecule has 0 bridgehead atoms. The third-order valence-corrected chi connectivity index (χ3v) is 9.41. The van der Waals surface area contributed by atoms with Gasteiger partial charge in [0.1, 0.15) is 22.3 Å². The van der Waals surface area contributed by atoms with Crippen molar-refractivity contribution in [3.8, 4) is 11.1 Å². The number of nitrogens with zero attached hydrogens (tertiary/aromatic N) is 1. The van der Waals surface area contributed by atoms with Crippen molar-refractivity contribution in [2.75, 3.05) is 4.90 Å². The molecular weight excluding hydrogens is 574 g/mol. The van der Waals surface area contributed by atoms with E-state index in [0.29, 0.717) is 0 Å². The molecule has 10 rings (SSSR count). The van der Waals surface area contributed by atoms with Gasteiger partial charge in [-0.05, 0) is 81.9 Å². The van der Waals surface area contributed by atoms with E-state index in [1.807, 2.05) is 24.3 Å². The first kappa shape index (κ1) is 26.0. The Morgan fingerprint density at radius 2 is 0.936 bits per heavy atom. The second-order valence-electron chi connectivity index (χ2n) is 12.1. The lowest BCUT2D eigenvalue weighted by Crippen LogP contribution is -2.10. The van der Waals surface area contributed by atoms with Crippen LogP contribution in [0.15, 0.2) is 173 Å². The number of anilines is 3. The molecule has 2 heterocycles. The second-order valence-corrected chi connectivity index (χ2v) is 12.1. The van der Waals surface area contributed by atoms with Gasteiger partial charge in [-0.25, -0.2) is 0 Å². The molecule has 0 unspecified atom stereocenters. The monoisotopic (exact) mass is 601 g/mol. The lowest BCUT2D eigenvalue weighted by Gasteiger charge is -2.28. The van der Waals surface area contributed by atoms with Crippen LogP contribution in [-0.2, 0) is 0 Å². The van der Waals surface area contributed by atoms with Crippen LogP contribution in [0.4, 0.5) is 17.1 Å². The smallest absolute Gasteiger partial charge is 0.137 e. The van der Waals surface area contributed by atoms with Crippen LogP contribution in [-0.4, -0.2) is 0 Å². The SMILES string of the molecule is c1ccc(-c2cccc(N(c3ccc4c(c3)oc3ccccc34)c3cc4ccccc4c4cc5c(cc34)oc3ccccc35)c2)cc1. The van der Waals surface area contributed by atoms with Gasteiger partial charge in [-0.1, -0.05) is 103 Å². The first-order valence-electron chi connectivity index (χ1n) is 15.9. The van der Waals surface area contributed by atoms with Gasteiger partial charge in [-0.2, -0.15) is 0 Å². The summed E-state index contributed by atoms with van der Waals surface area (Å²) in [5.74, 6) is 0. The summed E-state index contributed by atoms with van der Waals surface area (Å²) in [6.45, 7) is 0. The molecule has 0 saturated heterocycles. The van der Waals surface area contributed by atoms with Crippen molar-refractivity contribution >= 4 is 82.5 Å². The number of hydrogen-bond acceptors (Lipinski definition) is 3. The number of rotatable bonds is 4. The van der Waals surface area contributed by atoms with Gasteiger partial charge in [0.05, 0.1) is 5.69 Å². The second kappa shape index (κ2) is 10.1. The van der Waals surface area contributed by atoms with Crippen molar-refractivity contribution in [3.05, 3.63) is 164 Å². The topological polar surface area (TPSA) is 29.5 Å². The van der Waals surface area contributed by atoms with Crippen molar-refractivity contribution in [3.63, 3.8) is 0 Å². The fourth-order valence-electron chi connectivity index (χ4n) is 7.22. The van der Waals surface area contributed by atoms with Crippen molar-refractivity contribution in [1.29, 1.82) is 0 Å². The number of hydrogen-bond donors (Lipinski definition) is 0. The van der Waals surface area contributed by atoms with Crippen LogP contribution in [0, 0.1) is 0 Å². The van der Waals surface area contributed by atoms with Crippen LogP contribution < -0.4 is 4.90 Å². The molecule has 0 aliphatic rings. The third-order valence-electron chi connectivity index (χ3n) is 9.41. The van der Waals surface area contributed by atoms with Crippen LogP contribution in [0.3, 0.4) is 0 Å². The zero-order valence-electron chi connectivity index (χ0n) is 25.4. The van der Waals surface area contributed by atoms with E-state index >= 15 is 0 Å². The maximum Gasteiger partial charge on any atom is 0.137 e. The Balaban J connectivity index is 1.30. The van der Waals surface area contributed by atoms with E-state index in [1.54, 1.807) is 0 Å². The summed E-state index contributed by atoms with van der Waals surface area (Å²) >= 11 is 0. The molecule has 0 amide bonds. The number of furan rings is 2. The predicted molar refractivity (Wildman–Crippen MR) is 196 cm³/mol. The molecule has 0 radical (unpaired) electrons. The molecule has 10 aromatic rings. The molecule has 8 aromatic carbocycles. The molecule has 0 aliphatic carbocycles. The first-order chi connectivity index (χ1) is 23.3. The summed E-state index contributed by atoms with van der Waals surface area (Å²) in [6, 6.07) is 57.9. The summed E-state index contributed by atoms with van der Waals surface area (Å²) in [4.78, 5) is 2.36. The molecule has 47 heavy (non-hydrogen) atoms. The van der Waals surface area contributed by atoms with Gasteiger partial charge in [0, 0.05) is 44.4 Å². The minimum Gasteiger partial charge on any atom is -0.456 e. The van der Waals surface area contributed by atoms with E-state index < -0.39 is 0 Å². The van der Waals surface area contributed by atoms with E-state index in [4.69, 9.17) is 8.83 Å². The normalized spacial score (nSPS) is 11.8. The maximum absolute atomic E-state index is 6.45. The predicted octanol–water partition coefficient (Wildman–Crippen LogP) is 12.9. The Bertz CT molecular complexity index is 2810. The first-order valence-corrected chi connectivity index (χ1v) is 15.9. The summed E-state index contributed by atoms with van der Waals surface area (Å²) < 4.78 is 12.9. The largest absolute Gasteiger partial charge is 0.456 e. The summed E-state index contributed by atoms with van der Waals surface area (Å²) in [5.41, 5.74) is 9.00. The average molecular weight is 602 g/mol. The lowest BCUT2D eigenvalue weighted by atomic mass is 9.96. The van der Waals surface area contributed by atoms with E-state index in [9.17, 15) is 0 Å². The van der Waals surface area contributed by atoms with Crippen molar-refractivity contribution in [2.24, 2.45) is 0 Å². The summed E-state index contributed by atoms with van der Waals surface area (Å²) in [7, 11) is 0. The van der Waals surface area contributed by atoms with Crippen LogP contribution in [0.1, 0.15) is 0 Å². The molecule has 0 spiro atoms. The Kier molecular flexibility index (Phi) is 5.57. The van der Waals surface area contributed by atoms with Crippen molar-refractivity contribution in [2.45, 2.75) is 0 Å². The third kappa shape index (κ3) is 4.07. The number of fused-ring (bicyclic) bond motifs is 9. The highest BCUT2D eigenvalue weighted by atomic mass is 16.3. The van der Waals surface area contributed by atoms with E-state index in [-0.39, 0.29) is 0 Å². The summed E-state index contributed by atoms with van der Waals surface area (Å²) in [6.07, 6.45) is 0. The van der Waals surface area contributed by atoms with Crippen LogP contribution in [0.2, 0.25) is 0 Å². The van der Waals surface area contributed by atoms with Gasteiger partial charge in [-0.15, -0.1) is 0 Å². The Labute approximate surface area is 270 Å². The fraction of sp³-hybridized carbons (Fsp3) is 0. The highest BCUT2D eigenvalue weighted by molar-refractivity contribution is 6.21. The maximum atomic E-state index is 6.45. The Morgan fingerprint density at radius 1 is 0.319 bits per heavy atom. The van der Waals surface area contributed by atoms with Gasteiger partial charge < -0.3 is 13.7 Å². The van der Waals surface area contributed by atoms with Gasteiger partial charge >= 0.3 is 0 Å². The molecule has 0 atom stereocenters. The quantitative estimate of drug-likeness (QED) is 0.188. The summed E-state index contributed by atoms with van der Waals surface area (Å²) in [5, 5.41) is 9.17. The number of benzene rings is 8. The number of para-hydroxylation sites is 2. The van der Waals surface area contributed by atoms with E-state index in [2.05, 4.69) is 144 Å². The van der Waals surface area contributed by atoms with Gasteiger partial charge in [-0.3, -0.25) is 0 Å². The Hall–Kier alpha value is -6.32. The van der Waals surface area contributed by atoms with Crippen molar-refractivity contribution in [1.82, 2.24) is 0 Å². The lowest BCUT2D eigenvalue weighted by molar-refractivity contribution is 0.668. The van der Waals surface area contributed by atoms with Gasteiger partial charge in [0.25, 0.3) is 0 Å². The fourth-order valence-corrected chi connectivity index (χ4v) is 7.22. The molecule has 220 valence electrons. The minimum absolute atomic E-state index is 0.859. The van der Waals surface area contributed by atoms with Crippen LogP contribution in [0.5, 0.6) is 0 Å². The highest BCUT2D eigenvalue weighted by Gasteiger charge is 2.21. The Morgan fingerprint density at radius 3 is 1.74 bits per heavy atom. The minimum atomic E-state index is 0.859. The molecular formula is C44H27NO2. The van der Waals surface area contributed by atoms with Crippen molar-refractivity contribution < 1.29 is 8.83 Å². The average Bonchev–Trinajstić information content (AvgIpc) is 3.69. The molecule has 0 aliphatic heterocycles. The molecule has 3 heteroatoms. The van der Waals surface area contributed by atoms with Gasteiger partial charge in [0.2, 0.25) is 0 Å². The van der Waals surface area contributed by atoms with E-state index in [0.717, 1.165) is 71.9 Å². The molecule has 2 aromatic heterocycles. The molecule has 0 saturated carbocycles. The van der Waals surface area contributed by atoms with E-state index in [1.165, 1.54) is 21.7 Å². The van der Waals surface area contributed by atoms with Gasteiger partial charge in [0.15, 0.2) is 0 Å². The zero-order chi connectivity index (χ0) is 30.9. The standard InChI is InChI=1S/C44H27NO2/c1-2-11-28(12-3-1)29-14-10-15-31(23-29)45(32-21-22-36-34-17-6-8-19-41(34)46-43(36)25-32)40-24-30-13-4-5-16-33(30)37-26-39-35-18-7-9-20-42(35)47-44(39)27-38(37)40/h1-27H. The molecule has 3 nitrogen and oxygen atoms in total. The molecule has 0 N–H and O–H groups in total.